The molecule has 2 bridgehead atoms. The Morgan fingerprint density at radius 2 is 1.77 bits per heavy atom. The van der Waals surface area contributed by atoms with Gasteiger partial charge in [0.15, 0.2) is 0 Å². The molecular weight excluding hydrogens is 276 g/mol. The second kappa shape index (κ2) is 5.47. The highest BCUT2D eigenvalue weighted by molar-refractivity contribution is 5.59. The molecule has 2 fully saturated rings. The zero-order valence-electron chi connectivity index (χ0n) is 12.4. The molecule has 2 aromatic rings. The molecule has 4 rings (SSSR count). The zero-order valence-corrected chi connectivity index (χ0v) is 12.4. The van der Waals surface area contributed by atoms with Crippen molar-refractivity contribution in [3.8, 4) is 11.3 Å². The van der Waals surface area contributed by atoms with Gasteiger partial charge in [-0.1, -0.05) is 30.3 Å². The number of pyridine rings is 1. The molecular formula is C18H20N2O2. The fraction of sp³-hybridized carbons (Fsp3) is 0.389. The Bertz CT molecular complexity index is 630. The number of rotatable bonds is 2. The number of nitrogens with zero attached hydrogens (tertiary/aromatic N) is 1. The monoisotopic (exact) mass is 296 g/mol. The van der Waals surface area contributed by atoms with Crippen molar-refractivity contribution in [3.05, 3.63) is 54.2 Å². The lowest BCUT2D eigenvalue weighted by molar-refractivity contribution is -0.0802. The molecule has 114 valence electrons. The maximum absolute atomic E-state index is 11.1. The predicted octanol–water partition coefficient (Wildman–Crippen LogP) is 2.09. The van der Waals surface area contributed by atoms with Gasteiger partial charge >= 0.3 is 0 Å². The molecule has 22 heavy (non-hydrogen) atoms. The summed E-state index contributed by atoms with van der Waals surface area (Å²) in [6.45, 7) is 1.37. The first-order valence-electron chi connectivity index (χ1n) is 7.81. The minimum Gasteiger partial charge on any atom is -0.385 e. The highest BCUT2D eigenvalue weighted by Gasteiger charge is 2.42. The lowest BCUT2D eigenvalue weighted by Crippen LogP contribution is -2.58. The van der Waals surface area contributed by atoms with Crippen molar-refractivity contribution < 1.29 is 9.84 Å². The Balaban J connectivity index is 1.60. The highest BCUT2D eigenvalue weighted by Crippen LogP contribution is 2.37. The predicted molar refractivity (Wildman–Crippen MR) is 84.3 cm³/mol. The second-order valence-electron chi connectivity index (χ2n) is 6.33. The maximum atomic E-state index is 11.1. The summed E-state index contributed by atoms with van der Waals surface area (Å²) in [5.74, 6) is 0. The molecule has 0 radical (unpaired) electrons. The van der Waals surface area contributed by atoms with Gasteiger partial charge in [0.2, 0.25) is 0 Å². The minimum absolute atomic E-state index is 0.243. The third-order valence-electron chi connectivity index (χ3n) is 4.66. The molecule has 0 aliphatic carbocycles. The number of hydrogen-bond donors (Lipinski definition) is 2. The van der Waals surface area contributed by atoms with Crippen molar-refractivity contribution >= 4 is 0 Å². The molecule has 2 saturated heterocycles. The first-order chi connectivity index (χ1) is 10.7. The summed E-state index contributed by atoms with van der Waals surface area (Å²) in [6, 6.07) is 14.5. The molecule has 1 aromatic heterocycles. The Labute approximate surface area is 130 Å². The summed E-state index contributed by atoms with van der Waals surface area (Å²) in [5, 5.41) is 14.6. The first kappa shape index (κ1) is 13.9. The van der Waals surface area contributed by atoms with Crippen LogP contribution in [-0.4, -0.2) is 35.4 Å². The SMILES string of the molecule is OC1(c2ccc(-c3ccccn3)cc2)CC2COCC(C1)N2. The van der Waals surface area contributed by atoms with E-state index in [1.54, 1.807) is 6.20 Å². The topological polar surface area (TPSA) is 54.4 Å². The van der Waals surface area contributed by atoms with Crippen LogP contribution in [0.15, 0.2) is 48.7 Å². The van der Waals surface area contributed by atoms with Crippen LogP contribution in [0.25, 0.3) is 11.3 Å². The second-order valence-corrected chi connectivity index (χ2v) is 6.33. The van der Waals surface area contributed by atoms with Crippen LogP contribution in [0, 0.1) is 0 Å². The third kappa shape index (κ3) is 2.54. The van der Waals surface area contributed by atoms with Crippen LogP contribution in [0.4, 0.5) is 0 Å². The van der Waals surface area contributed by atoms with Crippen LogP contribution in [0.5, 0.6) is 0 Å². The molecule has 2 atom stereocenters. The number of piperidine rings is 1. The number of aliphatic hydroxyl groups is 1. The number of morpholine rings is 1. The number of aromatic nitrogens is 1. The highest BCUT2D eigenvalue weighted by atomic mass is 16.5. The van der Waals surface area contributed by atoms with E-state index >= 15 is 0 Å². The van der Waals surface area contributed by atoms with Gasteiger partial charge in [-0.25, -0.2) is 0 Å². The quantitative estimate of drug-likeness (QED) is 0.891. The van der Waals surface area contributed by atoms with Crippen molar-refractivity contribution in [2.24, 2.45) is 0 Å². The zero-order chi connectivity index (χ0) is 15.0. The maximum Gasteiger partial charge on any atom is 0.0927 e. The van der Waals surface area contributed by atoms with Gasteiger partial charge in [-0.2, -0.15) is 0 Å². The summed E-state index contributed by atoms with van der Waals surface area (Å²) >= 11 is 0. The van der Waals surface area contributed by atoms with Gasteiger partial charge in [0.05, 0.1) is 24.5 Å². The lowest BCUT2D eigenvalue weighted by atomic mass is 9.78. The van der Waals surface area contributed by atoms with Gasteiger partial charge in [-0.15, -0.1) is 0 Å². The van der Waals surface area contributed by atoms with Gasteiger partial charge in [-0.3, -0.25) is 4.98 Å². The van der Waals surface area contributed by atoms with E-state index in [2.05, 4.69) is 10.3 Å². The Morgan fingerprint density at radius 1 is 1.05 bits per heavy atom. The summed E-state index contributed by atoms with van der Waals surface area (Å²) in [6.07, 6.45) is 3.20. The van der Waals surface area contributed by atoms with E-state index in [0.29, 0.717) is 26.1 Å². The van der Waals surface area contributed by atoms with Gasteiger partial charge in [0.1, 0.15) is 0 Å². The van der Waals surface area contributed by atoms with Gasteiger partial charge < -0.3 is 15.2 Å². The molecule has 0 spiro atoms. The van der Waals surface area contributed by atoms with Crippen LogP contribution in [-0.2, 0) is 10.3 Å². The molecule has 2 N–H and O–H groups in total. The molecule has 4 nitrogen and oxygen atoms in total. The van der Waals surface area contributed by atoms with Crippen LogP contribution < -0.4 is 5.32 Å². The Morgan fingerprint density at radius 3 is 2.41 bits per heavy atom. The number of benzene rings is 1. The third-order valence-corrected chi connectivity index (χ3v) is 4.66. The first-order valence-corrected chi connectivity index (χ1v) is 7.81. The fourth-order valence-electron chi connectivity index (χ4n) is 3.64. The van der Waals surface area contributed by atoms with Crippen LogP contribution in [0.2, 0.25) is 0 Å². The number of ether oxygens (including phenoxy) is 1. The van der Waals surface area contributed by atoms with Gasteiger partial charge in [-0.05, 0) is 30.5 Å². The van der Waals surface area contributed by atoms with Crippen molar-refractivity contribution in [1.29, 1.82) is 0 Å². The molecule has 2 unspecified atom stereocenters. The van der Waals surface area contributed by atoms with Crippen molar-refractivity contribution in [3.63, 3.8) is 0 Å². The van der Waals surface area contributed by atoms with E-state index in [1.165, 1.54) is 0 Å². The van der Waals surface area contributed by atoms with Crippen molar-refractivity contribution in [2.75, 3.05) is 13.2 Å². The number of nitrogens with one attached hydrogen (secondary N) is 1. The summed E-state index contributed by atoms with van der Waals surface area (Å²) in [7, 11) is 0. The van der Waals surface area contributed by atoms with Crippen LogP contribution >= 0.6 is 0 Å². The lowest BCUT2D eigenvalue weighted by Gasteiger charge is -2.45. The van der Waals surface area contributed by atoms with E-state index in [1.807, 2.05) is 42.5 Å². The summed E-state index contributed by atoms with van der Waals surface area (Å²) < 4.78 is 5.56. The summed E-state index contributed by atoms with van der Waals surface area (Å²) in [4.78, 5) is 4.37. The molecule has 2 aliphatic rings. The van der Waals surface area contributed by atoms with E-state index in [0.717, 1.165) is 16.8 Å². The number of fused-ring (bicyclic) bond motifs is 2. The Hall–Kier alpha value is -1.75. The Kier molecular flexibility index (Phi) is 3.45. The average molecular weight is 296 g/mol. The minimum atomic E-state index is -0.757. The molecule has 2 aliphatic heterocycles. The molecule has 3 heterocycles. The molecule has 1 aromatic carbocycles. The largest absolute Gasteiger partial charge is 0.385 e. The van der Waals surface area contributed by atoms with Crippen LogP contribution in [0.3, 0.4) is 0 Å². The molecule has 0 amide bonds. The fourth-order valence-corrected chi connectivity index (χ4v) is 3.64. The van der Waals surface area contributed by atoms with E-state index in [4.69, 9.17) is 4.74 Å². The standard InChI is InChI=1S/C18H20N2O2/c21-18(9-15-11-22-12-16(10-18)20-15)14-6-4-13(5-7-14)17-3-1-2-8-19-17/h1-8,15-16,20-21H,9-12H2. The molecule has 4 heteroatoms. The van der Waals surface area contributed by atoms with Crippen molar-refractivity contribution in [1.82, 2.24) is 10.3 Å². The van der Waals surface area contributed by atoms with E-state index in [9.17, 15) is 5.11 Å². The van der Waals surface area contributed by atoms with Gasteiger partial charge in [0, 0.05) is 23.8 Å². The number of hydrogen-bond acceptors (Lipinski definition) is 4. The summed E-state index contributed by atoms with van der Waals surface area (Å²) in [5.41, 5.74) is 2.26. The smallest absolute Gasteiger partial charge is 0.0927 e. The van der Waals surface area contributed by atoms with Crippen molar-refractivity contribution in [2.45, 2.75) is 30.5 Å². The average Bonchev–Trinajstić information content (AvgIpc) is 2.55. The van der Waals surface area contributed by atoms with Gasteiger partial charge in [0.25, 0.3) is 0 Å². The normalized spacial score (nSPS) is 31.0. The van der Waals surface area contributed by atoms with E-state index in [-0.39, 0.29) is 12.1 Å². The van der Waals surface area contributed by atoms with E-state index < -0.39 is 5.60 Å². The van der Waals surface area contributed by atoms with Crippen LogP contribution in [0.1, 0.15) is 18.4 Å². The molecule has 0 saturated carbocycles.